The maximum absolute atomic E-state index is 13.0. The molecule has 0 aromatic rings. The zero-order valence-electron chi connectivity index (χ0n) is 59.9. The fourth-order valence-corrected chi connectivity index (χ4v) is 12.7. The summed E-state index contributed by atoms with van der Waals surface area (Å²) in [6.07, 6.45) is 51.4. The molecule has 546 valence electrons. The largest absolute Gasteiger partial charge is 0.472 e. The number of phosphoric acid groups is 2. The van der Waals surface area contributed by atoms with Crippen LogP contribution < -0.4 is 0 Å². The van der Waals surface area contributed by atoms with Crippen molar-refractivity contribution in [2.24, 2.45) is 11.8 Å². The van der Waals surface area contributed by atoms with Crippen LogP contribution in [0.5, 0.6) is 0 Å². The van der Waals surface area contributed by atoms with Crippen molar-refractivity contribution in [2.75, 3.05) is 39.6 Å². The van der Waals surface area contributed by atoms with Gasteiger partial charge in [0.05, 0.1) is 26.4 Å². The highest BCUT2D eigenvalue weighted by Crippen LogP contribution is 2.45. The Morgan fingerprint density at radius 1 is 0.293 bits per heavy atom. The molecule has 0 aromatic carbocycles. The van der Waals surface area contributed by atoms with Crippen molar-refractivity contribution in [2.45, 2.75) is 394 Å². The van der Waals surface area contributed by atoms with Crippen LogP contribution in [0.3, 0.4) is 0 Å². The summed E-state index contributed by atoms with van der Waals surface area (Å²) in [5.41, 5.74) is 0. The van der Waals surface area contributed by atoms with Crippen molar-refractivity contribution in [3.8, 4) is 0 Å². The van der Waals surface area contributed by atoms with Gasteiger partial charge in [-0.2, -0.15) is 0 Å². The Hall–Kier alpha value is -1.94. The monoisotopic (exact) mass is 1350 g/mol. The molecule has 0 amide bonds. The lowest BCUT2D eigenvalue weighted by Gasteiger charge is -2.21. The molecule has 0 fully saturated rings. The first kappa shape index (κ1) is 90.1. The van der Waals surface area contributed by atoms with Crippen molar-refractivity contribution in [1.82, 2.24) is 0 Å². The zero-order valence-corrected chi connectivity index (χ0v) is 61.6. The topological polar surface area (TPSA) is 237 Å². The molecule has 0 aromatic heterocycles. The van der Waals surface area contributed by atoms with Crippen molar-refractivity contribution < 1.29 is 80.2 Å². The number of hydrogen-bond donors (Lipinski definition) is 3. The lowest BCUT2D eigenvalue weighted by molar-refractivity contribution is -0.161. The van der Waals surface area contributed by atoms with Gasteiger partial charge in [-0.05, 0) is 37.5 Å². The summed E-state index contributed by atoms with van der Waals surface area (Å²) in [5, 5.41) is 10.6. The van der Waals surface area contributed by atoms with Gasteiger partial charge in [-0.15, -0.1) is 0 Å². The SMILES string of the molecule is CCCCCCCCCCCCCCC(=O)OC[C@H](COP(=O)(O)OC[C@@H](O)COP(=O)(O)OC[C@@H](COC(=O)CCCCCCCCC(C)C)OC(=O)CCCCCCCCCCCCCC)OC(=O)CCCCCCCCCCCCCCCCCCC(C)C. The highest BCUT2D eigenvalue weighted by molar-refractivity contribution is 7.47. The van der Waals surface area contributed by atoms with Gasteiger partial charge in [0.25, 0.3) is 0 Å². The Kier molecular flexibility index (Phi) is 63.7. The fourth-order valence-electron chi connectivity index (χ4n) is 11.1. The number of aliphatic hydroxyl groups excluding tert-OH is 1. The van der Waals surface area contributed by atoms with Gasteiger partial charge in [0.15, 0.2) is 12.2 Å². The second kappa shape index (κ2) is 65.0. The number of rotatable bonds is 72. The highest BCUT2D eigenvalue weighted by Gasteiger charge is 2.30. The first-order valence-electron chi connectivity index (χ1n) is 38.0. The van der Waals surface area contributed by atoms with Gasteiger partial charge in [0.1, 0.15) is 19.3 Å². The molecule has 0 rings (SSSR count). The average molecular weight is 1350 g/mol. The Morgan fingerprint density at radius 2 is 0.500 bits per heavy atom. The van der Waals surface area contributed by atoms with Crippen LogP contribution in [0.15, 0.2) is 0 Å². The number of unbranched alkanes of at least 4 members (excludes halogenated alkanes) is 42. The second-order valence-electron chi connectivity index (χ2n) is 27.3. The van der Waals surface area contributed by atoms with Crippen LogP contribution in [0, 0.1) is 11.8 Å². The predicted octanol–water partition coefficient (Wildman–Crippen LogP) is 21.2. The number of ether oxygens (including phenoxy) is 4. The number of esters is 4. The van der Waals surface area contributed by atoms with Crippen molar-refractivity contribution in [3.05, 3.63) is 0 Å². The molecule has 3 N–H and O–H groups in total. The quantitative estimate of drug-likeness (QED) is 0.0222. The van der Waals surface area contributed by atoms with Crippen LogP contribution in [-0.2, 0) is 65.4 Å². The third kappa shape index (κ3) is 66.7. The summed E-state index contributed by atoms with van der Waals surface area (Å²) >= 11 is 0. The van der Waals surface area contributed by atoms with Crippen LogP contribution >= 0.6 is 15.6 Å². The van der Waals surface area contributed by atoms with Crippen molar-refractivity contribution >= 4 is 39.5 Å². The third-order valence-electron chi connectivity index (χ3n) is 17.0. The van der Waals surface area contributed by atoms with Gasteiger partial charge in [0.2, 0.25) is 0 Å². The van der Waals surface area contributed by atoms with Gasteiger partial charge >= 0.3 is 39.5 Å². The Bertz CT molecular complexity index is 1790. The van der Waals surface area contributed by atoms with Crippen molar-refractivity contribution in [3.63, 3.8) is 0 Å². The summed E-state index contributed by atoms with van der Waals surface area (Å²) in [5.74, 6) is -0.631. The van der Waals surface area contributed by atoms with Crippen LogP contribution in [0.25, 0.3) is 0 Å². The molecule has 92 heavy (non-hydrogen) atoms. The second-order valence-corrected chi connectivity index (χ2v) is 30.2. The standard InChI is InChI=1S/C73H142O17P2/c1-7-9-11-13-15-17-19-28-32-36-43-49-55-70(75)83-61-68(89-73(78)58-52-46-38-34-30-26-24-22-21-23-25-27-31-35-41-47-53-65(3)4)63-87-91(79,80)85-59-67(74)60-86-92(81,82)88-64-69(62-84-71(76)56-50-44-40-39-42-48-54-66(5)6)90-72(77)57-51-45-37-33-29-20-18-16-14-12-10-8-2/h65-69,74H,7-64H2,1-6H3,(H,79,80)(H,81,82)/t67-,68-,69-/m1/s1. The summed E-state index contributed by atoms with van der Waals surface area (Å²) in [7, 11) is -9.90. The molecule has 0 aliphatic carbocycles. The van der Waals surface area contributed by atoms with E-state index in [1.165, 1.54) is 186 Å². The lowest BCUT2D eigenvalue weighted by atomic mass is 10.0. The first-order valence-corrected chi connectivity index (χ1v) is 41.0. The number of aliphatic hydroxyl groups is 1. The molecule has 5 atom stereocenters. The maximum Gasteiger partial charge on any atom is 0.472 e. The van der Waals surface area contributed by atoms with E-state index in [1.807, 2.05) is 0 Å². The summed E-state index contributed by atoms with van der Waals surface area (Å²) in [4.78, 5) is 72.6. The predicted molar refractivity (Wildman–Crippen MR) is 372 cm³/mol. The molecule has 0 spiro atoms. The van der Waals surface area contributed by atoms with Crippen molar-refractivity contribution in [1.29, 1.82) is 0 Å². The molecule has 19 heteroatoms. The van der Waals surface area contributed by atoms with E-state index in [0.29, 0.717) is 31.6 Å². The highest BCUT2D eigenvalue weighted by atomic mass is 31.2. The van der Waals surface area contributed by atoms with E-state index < -0.39 is 97.5 Å². The molecule has 17 nitrogen and oxygen atoms in total. The Labute approximate surface area is 562 Å². The number of carbonyl (C=O) groups excluding carboxylic acids is 4. The Balaban J connectivity index is 5.21. The average Bonchev–Trinajstić information content (AvgIpc) is 1.68. The zero-order chi connectivity index (χ0) is 67.9. The van der Waals surface area contributed by atoms with Crippen LogP contribution in [0.4, 0.5) is 0 Å². The Morgan fingerprint density at radius 3 is 0.739 bits per heavy atom. The minimum absolute atomic E-state index is 0.106. The van der Waals surface area contributed by atoms with Gasteiger partial charge in [-0.3, -0.25) is 37.3 Å². The van der Waals surface area contributed by atoms with Gasteiger partial charge in [-0.25, -0.2) is 9.13 Å². The normalized spacial score (nSPS) is 14.1. The number of hydrogen-bond acceptors (Lipinski definition) is 15. The minimum atomic E-state index is -4.95. The van der Waals surface area contributed by atoms with E-state index in [9.17, 15) is 43.2 Å². The molecule has 0 saturated carbocycles. The van der Waals surface area contributed by atoms with E-state index >= 15 is 0 Å². The first-order chi connectivity index (χ1) is 44.4. The molecular formula is C73H142O17P2. The van der Waals surface area contributed by atoms with E-state index in [0.717, 1.165) is 102 Å². The third-order valence-corrected chi connectivity index (χ3v) is 18.9. The molecule has 0 bridgehead atoms. The summed E-state index contributed by atoms with van der Waals surface area (Å²) < 4.78 is 68.4. The molecule has 0 aliphatic heterocycles. The summed E-state index contributed by atoms with van der Waals surface area (Å²) in [6, 6.07) is 0. The molecule has 0 aliphatic rings. The fraction of sp³-hybridized carbons (Fsp3) is 0.945. The minimum Gasteiger partial charge on any atom is -0.462 e. The molecule has 2 unspecified atom stereocenters. The molecule has 0 heterocycles. The molecular weight excluding hydrogens is 1210 g/mol. The number of phosphoric ester groups is 2. The van der Waals surface area contributed by atoms with Crippen LogP contribution in [0.1, 0.15) is 375 Å². The smallest absolute Gasteiger partial charge is 0.462 e. The summed E-state index contributed by atoms with van der Waals surface area (Å²) in [6.45, 7) is 9.52. The van der Waals surface area contributed by atoms with Crippen LogP contribution in [0.2, 0.25) is 0 Å². The van der Waals surface area contributed by atoms with Gasteiger partial charge < -0.3 is 33.8 Å². The van der Waals surface area contributed by atoms with Gasteiger partial charge in [-0.1, -0.05) is 324 Å². The van der Waals surface area contributed by atoms with E-state index in [-0.39, 0.29) is 25.7 Å². The molecule has 0 radical (unpaired) electrons. The van der Waals surface area contributed by atoms with E-state index in [1.54, 1.807) is 0 Å². The lowest BCUT2D eigenvalue weighted by Crippen LogP contribution is -2.30. The van der Waals surface area contributed by atoms with Crippen LogP contribution in [-0.4, -0.2) is 96.7 Å². The molecule has 0 saturated heterocycles. The number of carbonyl (C=O) groups is 4. The maximum atomic E-state index is 13.0. The van der Waals surface area contributed by atoms with E-state index in [4.69, 9.17) is 37.0 Å². The van der Waals surface area contributed by atoms with Gasteiger partial charge in [0, 0.05) is 25.7 Å². The van der Waals surface area contributed by atoms with E-state index in [2.05, 4.69) is 41.5 Å².